The molecule has 1 atom stereocenters. The summed E-state index contributed by atoms with van der Waals surface area (Å²) in [6, 6.07) is 17.0. The van der Waals surface area contributed by atoms with Crippen molar-refractivity contribution in [3.63, 3.8) is 0 Å². The minimum Gasteiger partial charge on any atom is -0.369 e. The van der Waals surface area contributed by atoms with Crippen LogP contribution in [0.2, 0.25) is 5.02 Å². The highest BCUT2D eigenvalue weighted by atomic mass is 35.5. The number of hydrogen-bond acceptors (Lipinski definition) is 9. The first-order valence-corrected chi connectivity index (χ1v) is 22.5. The number of amides is 2. The summed E-state index contributed by atoms with van der Waals surface area (Å²) in [5.74, 6) is -1.82. The number of carbonyl (C=O) groups is 2. The van der Waals surface area contributed by atoms with E-state index in [1.54, 1.807) is 47.5 Å². The highest BCUT2D eigenvalue weighted by Crippen LogP contribution is 2.40. The van der Waals surface area contributed by atoms with Crippen molar-refractivity contribution in [2.75, 3.05) is 60.3 Å². The summed E-state index contributed by atoms with van der Waals surface area (Å²) in [7, 11) is 0. The van der Waals surface area contributed by atoms with E-state index < -0.39 is 11.7 Å². The van der Waals surface area contributed by atoms with E-state index in [1.807, 2.05) is 24.3 Å². The zero-order valence-corrected chi connectivity index (χ0v) is 35.3. The average Bonchev–Trinajstić information content (AvgIpc) is 3.96. The van der Waals surface area contributed by atoms with E-state index >= 15 is 13.2 Å². The van der Waals surface area contributed by atoms with Gasteiger partial charge in [0.15, 0.2) is 5.82 Å². The monoisotopic (exact) mass is 868 g/mol. The number of piperidine rings is 2. The molecule has 318 valence electrons. The Bertz CT molecular complexity index is 2400. The number of hydrogen-bond donors (Lipinski definition) is 2. The fourth-order valence-corrected chi connectivity index (χ4v) is 10.5. The van der Waals surface area contributed by atoms with E-state index in [0.29, 0.717) is 80.8 Å². The lowest BCUT2D eigenvalue weighted by atomic mass is 9.90. The fraction of sp³-hybridized carbons (Fsp3) is 0.391. The Morgan fingerprint density at radius 1 is 0.787 bits per heavy atom. The van der Waals surface area contributed by atoms with Crippen molar-refractivity contribution in [2.24, 2.45) is 5.92 Å². The SMILES string of the molecule is O=C1CCC(c2ccc(N3CCC(CN4CCN(c5ccc(-n6cc(-c7cc(Cl)cc(NSC8CCCC8)c7F)c(-c7ccncc7)n6)cc5F)CC4)CC3)c(F)c2)C(=O)N1. The van der Waals surface area contributed by atoms with E-state index in [4.69, 9.17) is 16.7 Å². The van der Waals surface area contributed by atoms with Crippen molar-refractivity contribution in [1.82, 2.24) is 25.0 Å². The summed E-state index contributed by atoms with van der Waals surface area (Å²) in [6.45, 7) is 5.39. The molecular weight excluding hydrogens is 821 g/mol. The molecule has 2 N–H and O–H groups in total. The quantitative estimate of drug-likeness (QED) is 0.0995. The molecule has 9 rings (SSSR count). The largest absolute Gasteiger partial charge is 0.369 e. The van der Waals surface area contributed by atoms with Crippen molar-refractivity contribution in [1.29, 1.82) is 0 Å². The molecule has 1 saturated carbocycles. The molecule has 3 aromatic carbocycles. The van der Waals surface area contributed by atoms with Crippen LogP contribution in [0.1, 0.15) is 62.8 Å². The molecular formula is C46H48ClF3N8O2S. The highest BCUT2D eigenvalue weighted by Gasteiger charge is 2.30. The number of imide groups is 1. The standard InChI is InChI=1S/C46H48ClF3N8O2S/c47-32-24-36(44(50)40(25-32)54-61-34-3-1-2-4-34)37-28-58(53-45(37)30-11-15-51-16-12-30)33-6-9-42(39(49)26-33)57-21-19-55(20-22-57)27-29-13-17-56(18-14-29)41-8-5-31(23-38(41)48)35-7-10-43(59)52-46(35)60/h5-6,8-9,11-12,15-16,23-26,28-29,34-35,54H,1-4,7,10,13-14,17-22,27H2,(H,52,59,60). The van der Waals surface area contributed by atoms with Gasteiger partial charge in [0.2, 0.25) is 11.8 Å². The Morgan fingerprint density at radius 2 is 1.49 bits per heavy atom. The second-order valence-corrected chi connectivity index (χ2v) is 18.1. The molecule has 4 fully saturated rings. The van der Waals surface area contributed by atoms with Crippen molar-refractivity contribution in [3.8, 4) is 28.1 Å². The number of carbonyl (C=O) groups excluding carboxylic acids is 2. The third-order valence-corrected chi connectivity index (χ3v) is 14.0. The Balaban J connectivity index is 0.828. The van der Waals surface area contributed by atoms with Crippen LogP contribution >= 0.6 is 23.5 Å². The second-order valence-electron chi connectivity index (χ2n) is 16.6. The van der Waals surface area contributed by atoms with Gasteiger partial charge in [-0.3, -0.25) is 24.8 Å². The van der Waals surface area contributed by atoms with Gasteiger partial charge < -0.3 is 14.5 Å². The van der Waals surface area contributed by atoms with E-state index in [-0.39, 0.29) is 29.9 Å². The zero-order valence-electron chi connectivity index (χ0n) is 33.8. The smallest absolute Gasteiger partial charge is 0.234 e. The minimum atomic E-state index is -0.512. The lowest BCUT2D eigenvalue weighted by molar-refractivity contribution is -0.134. The summed E-state index contributed by atoms with van der Waals surface area (Å²) in [6.07, 6.45) is 12.1. The molecule has 0 bridgehead atoms. The number of rotatable bonds is 11. The van der Waals surface area contributed by atoms with Gasteiger partial charge in [-0.2, -0.15) is 5.10 Å². The summed E-state index contributed by atoms with van der Waals surface area (Å²) in [5, 5.41) is 8.03. The molecule has 5 heterocycles. The highest BCUT2D eigenvalue weighted by molar-refractivity contribution is 8.01. The van der Waals surface area contributed by atoms with Crippen molar-refractivity contribution in [3.05, 3.63) is 107 Å². The van der Waals surface area contributed by atoms with Crippen LogP contribution in [0.3, 0.4) is 0 Å². The summed E-state index contributed by atoms with van der Waals surface area (Å²) in [5.41, 5.74) is 4.59. The molecule has 5 aromatic rings. The molecule has 2 aromatic heterocycles. The Kier molecular flexibility index (Phi) is 12.3. The normalized spacial score (nSPS) is 19.4. The van der Waals surface area contributed by atoms with Crippen LogP contribution in [0.25, 0.3) is 28.1 Å². The molecule has 0 radical (unpaired) electrons. The molecule has 1 unspecified atom stereocenters. The Labute approximate surface area is 363 Å². The van der Waals surface area contributed by atoms with E-state index in [0.717, 1.165) is 64.0 Å². The molecule has 4 aliphatic rings. The number of piperazine rings is 1. The van der Waals surface area contributed by atoms with Crippen molar-refractivity contribution in [2.45, 2.75) is 62.5 Å². The first-order chi connectivity index (χ1) is 29.7. The molecule has 3 saturated heterocycles. The summed E-state index contributed by atoms with van der Waals surface area (Å²) < 4.78 is 52.4. The third-order valence-electron chi connectivity index (χ3n) is 12.6. The van der Waals surface area contributed by atoms with Crippen LogP contribution in [0.4, 0.5) is 30.2 Å². The first kappa shape index (κ1) is 41.3. The molecule has 15 heteroatoms. The minimum absolute atomic E-state index is 0.255. The number of nitrogens with zero attached hydrogens (tertiary/aromatic N) is 6. The molecule has 1 aliphatic carbocycles. The van der Waals surface area contributed by atoms with Crippen LogP contribution in [-0.2, 0) is 9.59 Å². The predicted molar refractivity (Wildman–Crippen MR) is 236 cm³/mol. The maximum absolute atomic E-state index is 16.3. The van der Waals surface area contributed by atoms with E-state index in [9.17, 15) is 9.59 Å². The molecule has 3 aliphatic heterocycles. The van der Waals surface area contributed by atoms with E-state index in [2.05, 4.69) is 29.7 Å². The van der Waals surface area contributed by atoms with Crippen LogP contribution in [-0.4, -0.2) is 82.5 Å². The van der Waals surface area contributed by atoms with Gasteiger partial charge in [-0.25, -0.2) is 17.9 Å². The molecule has 2 amide bonds. The van der Waals surface area contributed by atoms with Gasteiger partial charge >= 0.3 is 0 Å². The molecule has 0 spiro atoms. The Hall–Kier alpha value is -5.05. The molecule has 61 heavy (non-hydrogen) atoms. The predicted octanol–water partition coefficient (Wildman–Crippen LogP) is 9.23. The first-order valence-electron chi connectivity index (χ1n) is 21.2. The van der Waals surface area contributed by atoms with Crippen LogP contribution in [0.15, 0.2) is 79.3 Å². The van der Waals surface area contributed by atoms with Gasteiger partial charge in [0.05, 0.1) is 28.7 Å². The topological polar surface area (TPSA) is 98.6 Å². The van der Waals surface area contributed by atoms with Gasteiger partial charge in [-0.05, 0) is 104 Å². The maximum atomic E-state index is 16.3. The fourth-order valence-electron chi connectivity index (χ4n) is 9.23. The number of nitrogens with one attached hydrogen (secondary N) is 2. The number of pyridine rings is 1. The Morgan fingerprint density at radius 3 is 2.20 bits per heavy atom. The lowest BCUT2D eigenvalue weighted by Crippen LogP contribution is -2.49. The van der Waals surface area contributed by atoms with Crippen LogP contribution in [0.5, 0.6) is 0 Å². The average molecular weight is 869 g/mol. The van der Waals surface area contributed by atoms with Crippen molar-refractivity contribution < 1.29 is 22.8 Å². The number of benzene rings is 3. The number of halogens is 4. The van der Waals surface area contributed by atoms with Crippen LogP contribution < -0.4 is 19.8 Å². The zero-order chi connectivity index (χ0) is 42.0. The van der Waals surface area contributed by atoms with Gasteiger partial charge in [-0.1, -0.05) is 30.5 Å². The van der Waals surface area contributed by atoms with Gasteiger partial charge in [0.1, 0.15) is 17.3 Å². The van der Waals surface area contributed by atoms with Crippen LogP contribution in [0, 0.1) is 23.4 Å². The number of anilines is 3. The van der Waals surface area contributed by atoms with Crippen molar-refractivity contribution >= 4 is 52.4 Å². The van der Waals surface area contributed by atoms with Gasteiger partial charge in [0.25, 0.3) is 0 Å². The third kappa shape index (κ3) is 9.12. The number of aromatic nitrogens is 3. The maximum Gasteiger partial charge on any atom is 0.234 e. The summed E-state index contributed by atoms with van der Waals surface area (Å²) >= 11 is 8.12. The van der Waals surface area contributed by atoms with Gasteiger partial charge in [-0.15, -0.1) is 0 Å². The summed E-state index contributed by atoms with van der Waals surface area (Å²) in [4.78, 5) is 34.6. The second kappa shape index (κ2) is 18.1. The van der Waals surface area contributed by atoms with Gasteiger partial charge in [0, 0.05) is 104 Å². The molecule has 10 nitrogen and oxygen atoms in total. The van der Waals surface area contributed by atoms with E-state index in [1.165, 1.54) is 36.9 Å². The lowest BCUT2D eigenvalue weighted by Gasteiger charge is -2.40.